The Morgan fingerprint density at radius 1 is 1.44 bits per heavy atom. The number of allylic oxidation sites excluding steroid dienone is 2. The maximum absolute atomic E-state index is 11.7. The molecule has 142 valence electrons. The zero-order valence-corrected chi connectivity index (χ0v) is 16.5. The van der Waals surface area contributed by atoms with Crippen molar-refractivity contribution in [2.24, 2.45) is 4.99 Å². The van der Waals surface area contributed by atoms with Gasteiger partial charge in [0.1, 0.15) is 5.69 Å². The molecule has 2 aromatic rings. The second-order valence-electron chi connectivity index (χ2n) is 5.61. The molecule has 0 aliphatic rings. The Morgan fingerprint density at radius 2 is 2.30 bits per heavy atom. The molecule has 1 N–H and O–H groups in total. The van der Waals surface area contributed by atoms with E-state index in [1.54, 1.807) is 31.5 Å². The number of aliphatic imine (C=N–C) groups is 1. The van der Waals surface area contributed by atoms with E-state index in [0.29, 0.717) is 26.0 Å². The molecule has 0 unspecified atom stereocenters. The molecule has 0 aliphatic carbocycles. The van der Waals surface area contributed by atoms with E-state index in [-0.39, 0.29) is 5.97 Å². The van der Waals surface area contributed by atoms with Crippen molar-refractivity contribution in [3.8, 4) is 11.4 Å². The predicted octanol–water partition coefficient (Wildman–Crippen LogP) is 4.27. The SMILES string of the molecule is C=C/C=C\N=C(C)CNc1nc(-c2ccccn2)c(CCC(=O)OCC)s1. The van der Waals surface area contributed by atoms with Gasteiger partial charge in [-0.2, -0.15) is 0 Å². The summed E-state index contributed by atoms with van der Waals surface area (Å²) in [5, 5.41) is 4.06. The molecule has 0 bridgehead atoms. The van der Waals surface area contributed by atoms with Gasteiger partial charge in [0, 0.05) is 23.0 Å². The van der Waals surface area contributed by atoms with Gasteiger partial charge in [0.25, 0.3) is 0 Å². The molecule has 0 saturated heterocycles. The smallest absolute Gasteiger partial charge is 0.306 e. The highest BCUT2D eigenvalue weighted by Gasteiger charge is 2.15. The van der Waals surface area contributed by atoms with Gasteiger partial charge in [0.15, 0.2) is 5.13 Å². The lowest BCUT2D eigenvalue weighted by atomic mass is 10.2. The minimum Gasteiger partial charge on any atom is -0.466 e. The van der Waals surface area contributed by atoms with Crippen LogP contribution in [0.2, 0.25) is 0 Å². The first-order valence-corrected chi connectivity index (χ1v) is 9.57. The maximum Gasteiger partial charge on any atom is 0.306 e. The number of rotatable bonds is 10. The lowest BCUT2D eigenvalue weighted by molar-refractivity contribution is -0.143. The fraction of sp³-hybridized carbons (Fsp3) is 0.300. The summed E-state index contributed by atoms with van der Waals surface area (Å²) in [6.45, 7) is 8.33. The molecule has 2 heterocycles. The van der Waals surface area contributed by atoms with Crippen LogP contribution < -0.4 is 5.32 Å². The van der Waals surface area contributed by atoms with E-state index in [0.717, 1.165) is 27.1 Å². The van der Waals surface area contributed by atoms with Crippen LogP contribution in [0, 0.1) is 0 Å². The summed E-state index contributed by atoms with van der Waals surface area (Å²) in [4.78, 5) is 26.1. The van der Waals surface area contributed by atoms with E-state index in [1.807, 2.05) is 25.1 Å². The molecule has 0 spiro atoms. The molecule has 0 radical (unpaired) electrons. The van der Waals surface area contributed by atoms with Crippen molar-refractivity contribution in [3.63, 3.8) is 0 Å². The number of aromatic nitrogens is 2. The molecule has 7 heteroatoms. The molecule has 0 atom stereocenters. The lowest BCUT2D eigenvalue weighted by Crippen LogP contribution is -2.09. The summed E-state index contributed by atoms with van der Waals surface area (Å²) in [7, 11) is 0. The Balaban J connectivity index is 2.14. The maximum atomic E-state index is 11.7. The largest absolute Gasteiger partial charge is 0.466 e. The van der Waals surface area contributed by atoms with E-state index in [2.05, 4.69) is 26.9 Å². The van der Waals surface area contributed by atoms with Crippen LogP contribution in [0.25, 0.3) is 11.4 Å². The second-order valence-corrected chi connectivity index (χ2v) is 6.69. The van der Waals surface area contributed by atoms with Crippen LogP contribution in [0.1, 0.15) is 25.1 Å². The van der Waals surface area contributed by atoms with Crippen LogP contribution in [0.4, 0.5) is 5.13 Å². The molecule has 0 aliphatic heterocycles. The number of nitrogens with one attached hydrogen (secondary N) is 1. The number of carbonyl (C=O) groups is 1. The molecule has 2 rings (SSSR count). The van der Waals surface area contributed by atoms with Crippen molar-refractivity contribution >= 4 is 28.1 Å². The first-order chi connectivity index (χ1) is 13.1. The van der Waals surface area contributed by atoms with Crippen molar-refractivity contribution in [1.82, 2.24) is 9.97 Å². The third kappa shape index (κ3) is 6.79. The molecule has 2 aromatic heterocycles. The van der Waals surface area contributed by atoms with Crippen LogP contribution in [0.15, 0.2) is 54.3 Å². The summed E-state index contributed by atoms with van der Waals surface area (Å²) in [5.41, 5.74) is 2.52. The Kier molecular flexibility index (Phi) is 8.38. The van der Waals surface area contributed by atoms with Gasteiger partial charge in [-0.1, -0.05) is 18.7 Å². The van der Waals surface area contributed by atoms with Gasteiger partial charge >= 0.3 is 5.97 Å². The van der Waals surface area contributed by atoms with Crippen molar-refractivity contribution in [2.75, 3.05) is 18.5 Å². The van der Waals surface area contributed by atoms with E-state index in [4.69, 9.17) is 4.74 Å². The quantitative estimate of drug-likeness (QED) is 0.376. The average Bonchev–Trinajstić information content (AvgIpc) is 3.09. The number of thiazole rings is 1. The van der Waals surface area contributed by atoms with E-state index >= 15 is 0 Å². The Morgan fingerprint density at radius 3 is 3.00 bits per heavy atom. The summed E-state index contributed by atoms with van der Waals surface area (Å²) < 4.78 is 5.03. The molecule has 27 heavy (non-hydrogen) atoms. The summed E-state index contributed by atoms with van der Waals surface area (Å²) in [5.74, 6) is -0.204. The van der Waals surface area contributed by atoms with Gasteiger partial charge in [0.2, 0.25) is 0 Å². The topological polar surface area (TPSA) is 76.5 Å². The molecule has 0 aromatic carbocycles. The average molecular weight is 385 g/mol. The number of nitrogens with zero attached hydrogens (tertiary/aromatic N) is 3. The number of pyridine rings is 1. The van der Waals surface area contributed by atoms with Crippen LogP contribution in [0.3, 0.4) is 0 Å². The fourth-order valence-corrected chi connectivity index (χ4v) is 3.19. The number of aryl methyl sites for hydroxylation is 1. The van der Waals surface area contributed by atoms with E-state index < -0.39 is 0 Å². The first kappa shape index (κ1) is 20.5. The highest BCUT2D eigenvalue weighted by Crippen LogP contribution is 2.31. The molecule has 0 fully saturated rings. The van der Waals surface area contributed by atoms with E-state index in [1.165, 1.54) is 11.3 Å². The van der Waals surface area contributed by atoms with Crippen molar-refractivity contribution in [3.05, 3.63) is 54.2 Å². The number of carbonyl (C=O) groups excluding carboxylic acids is 1. The standard InChI is InChI=1S/C20H24N4O2S/c1-4-6-12-21-15(3)14-23-20-24-19(16-9-7-8-13-22-16)17(27-20)10-11-18(25)26-5-2/h4,6-9,12-13H,1,5,10-11,14H2,2-3H3,(H,23,24)/b12-6-,21-15?. The molecular weight excluding hydrogens is 360 g/mol. The van der Waals surface area contributed by atoms with Crippen LogP contribution in [-0.4, -0.2) is 34.8 Å². The fourth-order valence-electron chi connectivity index (χ4n) is 2.23. The third-order valence-corrected chi connectivity index (χ3v) is 4.55. The van der Waals surface area contributed by atoms with Crippen molar-refractivity contribution in [1.29, 1.82) is 0 Å². The summed E-state index contributed by atoms with van der Waals surface area (Å²) >= 11 is 1.53. The predicted molar refractivity (Wildman–Crippen MR) is 111 cm³/mol. The first-order valence-electron chi connectivity index (χ1n) is 8.75. The molecule has 0 amide bonds. The zero-order chi connectivity index (χ0) is 19.5. The lowest BCUT2D eigenvalue weighted by Gasteiger charge is -2.02. The van der Waals surface area contributed by atoms with Crippen LogP contribution >= 0.6 is 11.3 Å². The second kappa shape index (κ2) is 11.0. The van der Waals surface area contributed by atoms with Crippen molar-refractivity contribution < 1.29 is 9.53 Å². The van der Waals surface area contributed by atoms with E-state index in [9.17, 15) is 4.79 Å². The van der Waals surface area contributed by atoms with Gasteiger partial charge in [0.05, 0.1) is 25.3 Å². The number of ether oxygens (including phenoxy) is 1. The molecular formula is C20H24N4O2S. The minimum atomic E-state index is -0.204. The van der Waals surface area contributed by atoms with Crippen LogP contribution in [-0.2, 0) is 16.0 Å². The monoisotopic (exact) mass is 384 g/mol. The number of hydrogen-bond donors (Lipinski definition) is 1. The van der Waals surface area contributed by atoms with Gasteiger partial charge < -0.3 is 10.1 Å². The summed E-state index contributed by atoms with van der Waals surface area (Å²) in [6.07, 6.45) is 7.79. The molecule has 0 saturated carbocycles. The highest BCUT2D eigenvalue weighted by molar-refractivity contribution is 7.16. The zero-order valence-electron chi connectivity index (χ0n) is 15.6. The van der Waals surface area contributed by atoms with Gasteiger partial charge in [-0.3, -0.25) is 14.8 Å². The minimum absolute atomic E-state index is 0.204. The van der Waals surface area contributed by atoms with Gasteiger partial charge in [-0.15, -0.1) is 11.3 Å². The van der Waals surface area contributed by atoms with Gasteiger partial charge in [-0.25, -0.2) is 4.98 Å². The van der Waals surface area contributed by atoms with Crippen molar-refractivity contribution in [2.45, 2.75) is 26.7 Å². The Labute approximate surface area is 163 Å². The number of esters is 1. The Bertz CT molecular complexity index is 813. The highest BCUT2D eigenvalue weighted by atomic mass is 32.1. The van der Waals surface area contributed by atoms with Crippen LogP contribution in [0.5, 0.6) is 0 Å². The molecule has 6 nitrogen and oxygen atoms in total. The summed E-state index contributed by atoms with van der Waals surface area (Å²) in [6, 6.07) is 5.70. The van der Waals surface area contributed by atoms with Gasteiger partial charge in [-0.05, 0) is 38.5 Å². The Hall–Kier alpha value is -2.80. The normalized spacial score (nSPS) is 11.6. The number of hydrogen-bond acceptors (Lipinski definition) is 7. The third-order valence-electron chi connectivity index (χ3n) is 3.48. The number of anilines is 1.